The Morgan fingerprint density at radius 1 is 0.339 bits per heavy atom. The van der Waals surface area contributed by atoms with E-state index in [9.17, 15) is 0 Å². The van der Waals surface area contributed by atoms with Gasteiger partial charge in [-0.2, -0.15) is 0 Å². The number of nitrogens with zero attached hydrogens (tertiary/aromatic N) is 2. The predicted octanol–water partition coefficient (Wildman–Crippen LogP) is 15.0. The molecule has 0 N–H and O–H groups in total. The highest BCUT2D eigenvalue weighted by Gasteiger charge is 2.20. The first-order valence-corrected chi connectivity index (χ1v) is 19.9. The quantitative estimate of drug-likeness (QED) is 0.165. The third-order valence-corrected chi connectivity index (χ3v) is 12.8. The molecule has 0 aliphatic heterocycles. The van der Waals surface area contributed by atoms with E-state index in [1.807, 2.05) is 11.3 Å². The molecule has 0 atom stereocenters. The second-order valence-electron chi connectivity index (χ2n) is 14.7. The van der Waals surface area contributed by atoms with Crippen molar-refractivity contribution in [1.29, 1.82) is 0 Å². The lowest BCUT2D eigenvalue weighted by atomic mass is 9.94. The van der Waals surface area contributed by atoms with E-state index in [4.69, 9.17) is 4.98 Å². The molecule has 0 saturated heterocycles. The molecule has 0 spiro atoms. The van der Waals surface area contributed by atoms with Gasteiger partial charge in [0.05, 0.1) is 22.4 Å². The average Bonchev–Trinajstić information content (AvgIpc) is 3.83. The molecule has 2 nitrogen and oxygen atoms in total. The zero-order chi connectivity index (χ0) is 36.7. The van der Waals surface area contributed by atoms with E-state index in [0.717, 1.165) is 28.1 Å². The molecule has 0 fully saturated rings. The number of fused-ring (bicyclic) bond motifs is 13. The normalized spacial score (nSPS) is 11.9. The van der Waals surface area contributed by atoms with Gasteiger partial charge in [0.2, 0.25) is 0 Å². The summed E-state index contributed by atoms with van der Waals surface area (Å²) in [6, 6.07) is 70.6. The molecule has 9 aromatic carbocycles. The van der Waals surface area contributed by atoms with Crippen molar-refractivity contribution in [1.82, 2.24) is 9.55 Å². The molecular weight excluding hydrogens is 697 g/mol. The van der Waals surface area contributed by atoms with E-state index in [1.165, 1.54) is 85.5 Å². The monoisotopic (exact) mass is 728 g/mol. The van der Waals surface area contributed by atoms with Crippen LogP contribution in [0.5, 0.6) is 0 Å². The molecule has 260 valence electrons. The molecule has 0 aliphatic rings. The van der Waals surface area contributed by atoms with Gasteiger partial charge < -0.3 is 4.57 Å². The van der Waals surface area contributed by atoms with Crippen molar-refractivity contribution < 1.29 is 0 Å². The first-order valence-electron chi connectivity index (χ1n) is 19.1. The highest BCUT2D eigenvalue weighted by atomic mass is 32.1. The van der Waals surface area contributed by atoms with Gasteiger partial charge in [0.25, 0.3) is 0 Å². The lowest BCUT2D eigenvalue weighted by molar-refractivity contribution is 1.19. The van der Waals surface area contributed by atoms with Gasteiger partial charge in [-0.3, -0.25) is 0 Å². The van der Waals surface area contributed by atoms with Crippen LogP contribution in [0, 0.1) is 0 Å². The van der Waals surface area contributed by atoms with Gasteiger partial charge in [0.1, 0.15) is 0 Å². The lowest BCUT2D eigenvalue weighted by Gasteiger charge is -2.13. The second-order valence-corrected chi connectivity index (χ2v) is 15.7. The first kappa shape index (κ1) is 31.3. The maximum Gasteiger partial charge on any atom is 0.0730 e. The third-order valence-electron chi connectivity index (χ3n) is 11.6. The molecule has 12 aromatic rings. The number of hydrogen-bond acceptors (Lipinski definition) is 2. The maximum absolute atomic E-state index is 5.34. The Kier molecular flexibility index (Phi) is 6.83. The van der Waals surface area contributed by atoms with E-state index >= 15 is 0 Å². The molecule has 0 saturated carbocycles. The van der Waals surface area contributed by atoms with Crippen LogP contribution in [0.4, 0.5) is 0 Å². The smallest absolute Gasteiger partial charge is 0.0730 e. The van der Waals surface area contributed by atoms with Crippen molar-refractivity contribution in [2.45, 2.75) is 0 Å². The highest BCUT2D eigenvalue weighted by molar-refractivity contribution is 7.27. The van der Waals surface area contributed by atoms with Crippen LogP contribution in [0.2, 0.25) is 0 Å². The van der Waals surface area contributed by atoms with Crippen molar-refractivity contribution in [2.24, 2.45) is 0 Å². The molecule has 3 heteroatoms. The van der Waals surface area contributed by atoms with Crippen LogP contribution in [0.3, 0.4) is 0 Å². The van der Waals surface area contributed by atoms with Crippen molar-refractivity contribution in [3.05, 3.63) is 194 Å². The van der Waals surface area contributed by atoms with E-state index < -0.39 is 0 Å². The van der Waals surface area contributed by atoms with Gasteiger partial charge in [-0.1, -0.05) is 158 Å². The van der Waals surface area contributed by atoms with Gasteiger partial charge in [-0.15, -0.1) is 11.3 Å². The Balaban J connectivity index is 1.11. The van der Waals surface area contributed by atoms with Crippen LogP contribution < -0.4 is 0 Å². The molecule has 0 unspecified atom stereocenters. The fraction of sp³-hybridized carbons (Fsp3) is 0. The zero-order valence-electron chi connectivity index (χ0n) is 30.3. The molecule has 0 radical (unpaired) electrons. The molecule has 56 heavy (non-hydrogen) atoms. The Morgan fingerprint density at radius 3 is 1.62 bits per heavy atom. The average molecular weight is 729 g/mol. The largest absolute Gasteiger partial charge is 0.309 e. The summed E-state index contributed by atoms with van der Waals surface area (Å²) in [6.07, 6.45) is 0. The predicted molar refractivity (Wildman–Crippen MR) is 240 cm³/mol. The van der Waals surface area contributed by atoms with Crippen LogP contribution in [0.1, 0.15) is 0 Å². The summed E-state index contributed by atoms with van der Waals surface area (Å²) in [5.41, 5.74) is 10.2. The number of rotatable bonds is 4. The van der Waals surface area contributed by atoms with Gasteiger partial charge in [-0.25, -0.2) is 4.98 Å². The zero-order valence-corrected chi connectivity index (χ0v) is 31.1. The van der Waals surface area contributed by atoms with Crippen molar-refractivity contribution in [3.8, 4) is 39.3 Å². The number of hydrogen-bond donors (Lipinski definition) is 0. The van der Waals surface area contributed by atoms with E-state index in [2.05, 4.69) is 199 Å². The first-order chi connectivity index (χ1) is 27.8. The Labute approximate surface area is 327 Å². The Hall–Kier alpha value is -7.07. The standard InChI is InChI=1S/C53H32N2S/c1-3-14-33(15-4-1)35-30-47(34-16-5-2-6-17-34)54-48(31-35)44-24-13-23-42-43-28-29-50-51(53(43)56-52(42)44)45-22-11-12-25-49(45)55(50)36-26-27-41-39-20-8-7-18-37(39)38-19-9-10-21-40(38)46(41)32-36/h1-32H. The van der Waals surface area contributed by atoms with Crippen molar-refractivity contribution in [3.63, 3.8) is 0 Å². The van der Waals surface area contributed by atoms with Gasteiger partial charge in [-0.05, 0) is 79.8 Å². The lowest BCUT2D eigenvalue weighted by Crippen LogP contribution is -1.94. The summed E-state index contributed by atoms with van der Waals surface area (Å²) >= 11 is 1.89. The minimum absolute atomic E-state index is 0.974. The van der Waals surface area contributed by atoms with Crippen LogP contribution in [0.15, 0.2) is 194 Å². The number of para-hydroxylation sites is 1. The molecule has 0 amide bonds. The fourth-order valence-electron chi connectivity index (χ4n) is 9.05. The second kappa shape index (κ2) is 12.2. The Bertz CT molecular complexity index is 3430. The maximum atomic E-state index is 5.34. The van der Waals surface area contributed by atoms with Crippen molar-refractivity contribution in [2.75, 3.05) is 0 Å². The van der Waals surface area contributed by atoms with Crippen LogP contribution >= 0.6 is 11.3 Å². The van der Waals surface area contributed by atoms with Gasteiger partial charge in [0.15, 0.2) is 0 Å². The number of benzene rings is 9. The summed E-state index contributed by atoms with van der Waals surface area (Å²) < 4.78 is 5.03. The SMILES string of the molecule is c1ccc(-c2cc(-c3ccccc3)nc(-c3cccc4c3sc3c4ccc4c3c3ccccc3n4-c3ccc4c5ccccc5c5ccccc5c4c3)c2)cc1. The Morgan fingerprint density at radius 2 is 0.893 bits per heavy atom. The highest BCUT2D eigenvalue weighted by Crippen LogP contribution is 2.47. The van der Waals surface area contributed by atoms with E-state index in [0.29, 0.717) is 0 Å². The molecular formula is C53H32N2S. The van der Waals surface area contributed by atoms with Crippen LogP contribution in [0.25, 0.3) is 114 Å². The summed E-state index contributed by atoms with van der Waals surface area (Å²) in [5, 5.41) is 12.8. The van der Waals surface area contributed by atoms with E-state index in [-0.39, 0.29) is 0 Å². The molecule has 0 bridgehead atoms. The summed E-state index contributed by atoms with van der Waals surface area (Å²) in [5.74, 6) is 0. The third kappa shape index (κ3) is 4.65. The molecule has 3 aromatic heterocycles. The van der Waals surface area contributed by atoms with Crippen LogP contribution in [-0.4, -0.2) is 9.55 Å². The van der Waals surface area contributed by atoms with Crippen molar-refractivity contribution >= 4 is 85.6 Å². The van der Waals surface area contributed by atoms with Crippen LogP contribution in [-0.2, 0) is 0 Å². The minimum atomic E-state index is 0.974. The number of aromatic nitrogens is 2. The number of thiophene rings is 1. The summed E-state index contributed by atoms with van der Waals surface area (Å²) in [6.45, 7) is 0. The number of pyridine rings is 1. The molecule has 3 heterocycles. The fourth-order valence-corrected chi connectivity index (χ4v) is 10.4. The molecule has 0 aliphatic carbocycles. The topological polar surface area (TPSA) is 17.8 Å². The van der Waals surface area contributed by atoms with Gasteiger partial charge >= 0.3 is 0 Å². The molecule has 12 rings (SSSR count). The van der Waals surface area contributed by atoms with Gasteiger partial charge in [0, 0.05) is 47.8 Å². The minimum Gasteiger partial charge on any atom is -0.309 e. The van der Waals surface area contributed by atoms with E-state index in [1.54, 1.807) is 0 Å². The summed E-state index contributed by atoms with van der Waals surface area (Å²) in [4.78, 5) is 5.34. The summed E-state index contributed by atoms with van der Waals surface area (Å²) in [7, 11) is 0.